The first kappa shape index (κ1) is 16.1. The van der Waals surface area contributed by atoms with Gasteiger partial charge in [-0.15, -0.1) is 0 Å². The quantitative estimate of drug-likeness (QED) is 0.167. The van der Waals surface area contributed by atoms with Crippen molar-refractivity contribution in [1.29, 1.82) is 0 Å². The van der Waals surface area contributed by atoms with Crippen LogP contribution in [0.25, 0.3) is 0 Å². The maximum atomic E-state index is 8.48. The van der Waals surface area contributed by atoms with Gasteiger partial charge in [0.25, 0.3) is 0 Å². The Morgan fingerprint density at radius 2 is 2.18 bits per heavy atom. The molecule has 0 aromatic carbocycles. The first-order valence-corrected chi connectivity index (χ1v) is 6.02. The molecule has 0 aromatic heterocycles. The molecule has 0 aliphatic rings. The van der Waals surface area contributed by atoms with Crippen LogP contribution < -0.4 is 11.1 Å². The molecule has 1 atom stereocenters. The Morgan fingerprint density at radius 1 is 1.47 bits per heavy atom. The van der Waals surface area contributed by atoms with E-state index in [9.17, 15) is 0 Å². The van der Waals surface area contributed by atoms with E-state index in [-0.39, 0.29) is 11.9 Å². The van der Waals surface area contributed by atoms with Gasteiger partial charge < -0.3 is 25.9 Å². The number of ether oxygens (including phenoxy) is 1. The lowest BCUT2D eigenvalue weighted by Crippen LogP contribution is -2.35. The summed E-state index contributed by atoms with van der Waals surface area (Å²) in [7, 11) is 4.04. The summed E-state index contributed by atoms with van der Waals surface area (Å²) in [5.41, 5.74) is 5.46. The van der Waals surface area contributed by atoms with Gasteiger partial charge in [-0.05, 0) is 20.5 Å². The van der Waals surface area contributed by atoms with Gasteiger partial charge in [-0.2, -0.15) is 0 Å². The van der Waals surface area contributed by atoms with Gasteiger partial charge >= 0.3 is 0 Å². The van der Waals surface area contributed by atoms with Crippen molar-refractivity contribution >= 4 is 5.84 Å². The third-order valence-electron chi connectivity index (χ3n) is 2.44. The van der Waals surface area contributed by atoms with Crippen LogP contribution in [0.2, 0.25) is 0 Å². The second-order valence-corrected chi connectivity index (χ2v) is 4.27. The Hall–Kier alpha value is -0.850. The average Bonchev–Trinajstić information content (AvgIpc) is 2.31. The van der Waals surface area contributed by atoms with Crippen LogP contribution in [0.4, 0.5) is 0 Å². The summed E-state index contributed by atoms with van der Waals surface area (Å²) in [5, 5.41) is 14.8. The molecule has 6 heteroatoms. The van der Waals surface area contributed by atoms with E-state index in [2.05, 4.69) is 22.3 Å². The van der Waals surface area contributed by atoms with Crippen molar-refractivity contribution in [1.82, 2.24) is 10.2 Å². The first-order valence-electron chi connectivity index (χ1n) is 6.02. The molecule has 6 nitrogen and oxygen atoms in total. The van der Waals surface area contributed by atoms with Crippen LogP contribution in [-0.4, -0.2) is 62.4 Å². The molecule has 0 aliphatic carbocycles. The zero-order chi connectivity index (χ0) is 13.1. The van der Waals surface area contributed by atoms with Gasteiger partial charge in [-0.3, -0.25) is 0 Å². The smallest absolute Gasteiger partial charge is 0.140 e. The molecular weight excluding hydrogens is 220 g/mol. The van der Waals surface area contributed by atoms with Crippen molar-refractivity contribution in [2.75, 3.05) is 40.4 Å². The number of nitrogens with zero attached hydrogens (tertiary/aromatic N) is 2. The predicted molar refractivity (Wildman–Crippen MR) is 69.5 cm³/mol. The number of hydrogen-bond acceptors (Lipinski definition) is 5. The summed E-state index contributed by atoms with van der Waals surface area (Å²) in [5.74, 6) is 0.262. The molecule has 0 saturated carbocycles. The van der Waals surface area contributed by atoms with Gasteiger partial charge in [-0.25, -0.2) is 0 Å². The van der Waals surface area contributed by atoms with E-state index in [1.807, 2.05) is 14.1 Å². The molecule has 102 valence electrons. The van der Waals surface area contributed by atoms with Gasteiger partial charge in [0.05, 0.1) is 13.2 Å². The summed E-state index contributed by atoms with van der Waals surface area (Å²) >= 11 is 0. The third kappa shape index (κ3) is 10.0. The minimum Gasteiger partial charge on any atom is -0.409 e. The Labute approximate surface area is 104 Å². The van der Waals surface area contributed by atoms with Crippen LogP contribution >= 0.6 is 0 Å². The van der Waals surface area contributed by atoms with Crippen molar-refractivity contribution in [3.63, 3.8) is 0 Å². The van der Waals surface area contributed by atoms with Crippen molar-refractivity contribution < 1.29 is 9.94 Å². The van der Waals surface area contributed by atoms with Crippen LogP contribution in [0, 0.1) is 0 Å². The van der Waals surface area contributed by atoms with Gasteiger partial charge in [0.2, 0.25) is 0 Å². The number of hydrogen-bond donors (Lipinski definition) is 3. The highest BCUT2D eigenvalue weighted by atomic mass is 16.5. The fourth-order valence-corrected chi connectivity index (χ4v) is 1.34. The second kappa shape index (κ2) is 10.3. The zero-order valence-corrected chi connectivity index (χ0v) is 11.1. The number of rotatable bonds is 10. The number of amidine groups is 1. The lowest BCUT2D eigenvalue weighted by molar-refractivity contribution is 0.117. The number of nitrogens with one attached hydrogen (secondary N) is 1. The number of likely N-dealkylation sites (N-methyl/N-ethyl adjacent to an activating group) is 1. The van der Waals surface area contributed by atoms with Crippen LogP contribution in [0.3, 0.4) is 0 Å². The van der Waals surface area contributed by atoms with Crippen LogP contribution in [0.5, 0.6) is 0 Å². The second-order valence-electron chi connectivity index (χ2n) is 4.27. The SMILES string of the molecule is CCC(CC(N)=NO)NCCOCCN(C)C. The van der Waals surface area contributed by atoms with Crippen LogP contribution in [0.1, 0.15) is 19.8 Å². The molecule has 0 aliphatic heterocycles. The van der Waals surface area contributed by atoms with E-state index in [1.165, 1.54) is 0 Å². The monoisotopic (exact) mass is 246 g/mol. The van der Waals surface area contributed by atoms with Crippen molar-refractivity contribution in [2.45, 2.75) is 25.8 Å². The summed E-state index contributed by atoms with van der Waals surface area (Å²) in [6.07, 6.45) is 1.50. The molecule has 0 spiro atoms. The van der Waals surface area contributed by atoms with Gasteiger partial charge in [0, 0.05) is 25.6 Å². The summed E-state index contributed by atoms with van der Waals surface area (Å²) in [6, 6.07) is 0.239. The van der Waals surface area contributed by atoms with Crippen molar-refractivity contribution in [3.8, 4) is 0 Å². The highest BCUT2D eigenvalue weighted by Gasteiger charge is 2.07. The van der Waals surface area contributed by atoms with E-state index >= 15 is 0 Å². The lowest BCUT2D eigenvalue weighted by atomic mass is 10.1. The summed E-state index contributed by atoms with van der Waals surface area (Å²) in [4.78, 5) is 2.08. The predicted octanol–water partition coefficient (Wildman–Crippen LogP) is 0.0693. The molecule has 0 rings (SSSR count). The molecule has 0 heterocycles. The Kier molecular flexibility index (Phi) is 9.80. The average molecular weight is 246 g/mol. The van der Waals surface area contributed by atoms with E-state index in [1.54, 1.807) is 0 Å². The minimum atomic E-state index is 0.239. The molecule has 0 saturated heterocycles. The fourth-order valence-electron chi connectivity index (χ4n) is 1.34. The molecule has 1 unspecified atom stereocenters. The molecule has 0 bridgehead atoms. The van der Waals surface area contributed by atoms with Gasteiger partial charge in [0.15, 0.2) is 0 Å². The third-order valence-corrected chi connectivity index (χ3v) is 2.44. The number of nitrogens with two attached hydrogens (primary N) is 1. The molecular formula is C11H26N4O2. The van der Waals surface area contributed by atoms with Crippen LogP contribution in [-0.2, 0) is 4.74 Å². The zero-order valence-electron chi connectivity index (χ0n) is 11.1. The Morgan fingerprint density at radius 3 is 2.71 bits per heavy atom. The highest BCUT2D eigenvalue weighted by molar-refractivity contribution is 5.80. The fraction of sp³-hybridized carbons (Fsp3) is 0.909. The van der Waals surface area contributed by atoms with E-state index in [4.69, 9.17) is 15.7 Å². The summed E-state index contributed by atoms with van der Waals surface area (Å²) < 4.78 is 5.46. The summed E-state index contributed by atoms with van der Waals surface area (Å²) in [6.45, 7) is 5.20. The highest BCUT2D eigenvalue weighted by Crippen LogP contribution is 1.96. The minimum absolute atomic E-state index is 0.239. The largest absolute Gasteiger partial charge is 0.409 e. The Balaban J connectivity index is 3.50. The standard InChI is InChI=1S/C11H26N4O2/c1-4-10(9-11(12)14-16)13-5-7-17-8-6-15(2)3/h10,13,16H,4-9H2,1-3H3,(H2,12,14). The molecule has 0 fully saturated rings. The molecule has 17 heavy (non-hydrogen) atoms. The number of oxime groups is 1. The van der Waals surface area contributed by atoms with Crippen molar-refractivity contribution in [2.24, 2.45) is 10.9 Å². The van der Waals surface area contributed by atoms with Gasteiger partial charge in [-0.1, -0.05) is 12.1 Å². The topological polar surface area (TPSA) is 83.1 Å². The van der Waals surface area contributed by atoms with E-state index in [0.29, 0.717) is 13.0 Å². The first-order chi connectivity index (χ1) is 8.10. The maximum Gasteiger partial charge on any atom is 0.140 e. The molecule has 0 radical (unpaired) electrons. The lowest BCUT2D eigenvalue weighted by Gasteiger charge is -2.16. The maximum absolute atomic E-state index is 8.48. The van der Waals surface area contributed by atoms with E-state index < -0.39 is 0 Å². The molecule has 0 aromatic rings. The molecule has 4 N–H and O–H groups in total. The van der Waals surface area contributed by atoms with E-state index in [0.717, 1.165) is 26.1 Å². The Bertz CT molecular complexity index is 210. The van der Waals surface area contributed by atoms with Crippen molar-refractivity contribution in [3.05, 3.63) is 0 Å². The van der Waals surface area contributed by atoms with Gasteiger partial charge in [0.1, 0.15) is 5.84 Å². The van der Waals surface area contributed by atoms with Crippen LogP contribution in [0.15, 0.2) is 5.16 Å². The normalized spacial score (nSPS) is 14.2. The molecule has 0 amide bonds.